The number of nitrogens with zero attached hydrogens (tertiary/aromatic N) is 1. The molecule has 0 spiro atoms. The van der Waals surface area contributed by atoms with Gasteiger partial charge < -0.3 is 19.5 Å². The maximum atomic E-state index is 12.9. The number of amides is 1. The van der Waals surface area contributed by atoms with E-state index >= 15 is 0 Å². The first-order chi connectivity index (χ1) is 13.2. The highest BCUT2D eigenvalue weighted by atomic mass is 79.9. The Kier molecular flexibility index (Phi) is 5.89. The Labute approximate surface area is 174 Å². The second-order valence-electron chi connectivity index (χ2n) is 7.96. The van der Waals surface area contributed by atoms with Crippen molar-refractivity contribution < 1.29 is 19.4 Å². The van der Waals surface area contributed by atoms with Crippen LogP contribution >= 0.6 is 15.9 Å². The number of rotatable bonds is 3. The quantitative estimate of drug-likeness (QED) is 0.698. The molecule has 1 atom stereocenters. The Morgan fingerprint density at radius 3 is 2.64 bits per heavy atom. The molecule has 1 N–H and O–H groups in total. The zero-order chi connectivity index (χ0) is 20.5. The lowest BCUT2D eigenvalue weighted by Gasteiger charge is -2.38. The molecule has 1 heterocycles. The fraction of sp³-hybridized carbons (Fsp3) is 0.409. The summed E-state index contributed by atoms with van der Waals surface area (Å²) >= 11 is 3.60. The molecule has 0 saturated heterocycles. The fourth-order valence-electron chi connectivity index (χ4n) is 3.51. The third-order valence-electron chi connectivity index (χ3n) is 4.80. The molecular formula is C22H26BrNO4. The predicted molar refractivity (Wildman–Crippen MR) is 112 cm³/mol. The molecule has 5 nitrogen and oxygen atoms in total. The second kappa shape index (κ2) is 8.03. The van der Waals surface area contributed by atoms with Gasteiger partial charge in [-0.25, -0.2) is 4.79 Å². The Morgan fingerprint density at radius 2 is 2.00 bits per heavy atom. The number of carbonyl (C=O) groups is 1. The molecule has 1 aliphatic rings. The van der Waals surface area contributed by atoms with Gasteiger partial charge in [0.1, 0.15) is 5.60 Å². The molecule has 0 aromatic heterocycles. The fourth-order valence-corrected chi connectivity index (χ4v) is 3.96. The lowest BCUT2D eigenvalue weighted by Crippen LogP contribution is -2.43. The number of halogens is 1. The maximum absolute atomic E-state index is 12.9. The molecule has 0 radical (unpaired) electrons. The largest absolute Gasteiger partial charge is 0.504 e. The first kappa shape index (κ1) is 20.5. The van der Waals surface area contributed by atoms with Crippen molar-refractivity contribution in [3.05, 3.63) is 57.6 Å². The minimum Gasteiger partial charge on any atom is -0.504 e. The molecule has 0 bridgehead atoms. The minimum absolute atomic E-state index is 0.0735. The summed E-state index contributed by atoms with van der Waals surface area (Å²) in [5.74, 6) is 0.522. The third kappa shape index (κ3) is 4.43. The smallest absolute Gasteiger partial charge is 0.410 e. The molecule has 0 fully saturated rings. The van der Waals surface area contributed by atoms with Crippen LogP contribution in [-0.2, 0) is 17.6 Å². The Morgan fingerprint density at radius 1 is 1.29 bits per heavy atom. The highest BCUT2D eigenvalue weighted by molar-refractivity contribution is 9.10. The second-order valence-corrected chi connectivity index (χ2v) is 8.81. The monoisotopic (exact) mass is 447 g/mol. The molecule has 0 saturated carbocycles. The summed E-state index contributed by atoms with van der Waals surface area (Å²) in [7, 11) is 1.54. The topological polar surface area (TPSA) is 59.0 Å². The number of phenols is 1. The van der Waals surface area contributed by atoms with Gasteiger partial charge in [0.05, 0.1) is 13.2 Å². The van der Waals surface area contributed by atoms with E-state index in [0.29, 0.717) is 25.1 Å². The molecular weight excluding hydrogens is 422 g/mol. The third-order valence-corrected chi connectivity index (χ3v) is 5.57. The molecule has 1 aliphatic heterocycles. The standard InChI is InChI=1S/C22H26BrNO4/c1-22(2,3)28-21(26)24-10-9-14-12-20(27-4)19(25)13-16(14)18(24)11-15-7-5-6-8-17(15)23/h5-8,12-13,18,25H,9-11H2,1-4H3. The molecule has 150 valence electrons. The first-order valence-corrected chi connectivity index (χ1v) is 10.1. The summed E-state index contributed by atoms with van der Waals surface area (Å²) in [6.07, 6.45) is 0.947. The highest BCUT2D eigenvalue weighted by Gasteiger charge is 2.35. The van der Waals surface area contributed by atoms with Crippen LogP contribution in [0.1, 0.15) is 43.5 Å². The minimum atomic E-state index is -0.572. The number of fused-ring (bicyclic) bond motifs is 1. The number of carbonyl (C=O) groups excluding carboxylic acids is 1. The number of methoxy groups -OCH3 is 1. The van der Waals surface area contributed by atoms with Gasteiger partial charge in [-0.2, -0.15) is 0 Å². The van der Waals surface area contributed by atoms with E-state index in [1.54, 1.807) is 11.0 Å². The van der Waals surface area contributed by atoms with Gasteiger partial charge in [-0.1, -0.05) is 34.1 Å². The van der Waals surface area contributed by atoms with Crippen LogP contribution < -0.4 is 4.74 Å². The van der Waals surface area contributed by atoms with E-state index in [4.69, 9.17) is 9.47 Å². The molecule has 6 heteroatoms. The lowest BCUT2D eigenvalue weighted by atomic mass is 9.88. The number of phenolic OH excluding ortho intramolecular Hbond substituents is 1. The van der Waals surface area contributed by atoms with Crippen molar-refractivity contribution in [1.82, 2.24) is 4.90 Å². The summed E-state index contributed by atoms with van der Waals surface area (Å²) in [5.41, 5.74) is 2.51. The van der Waals surface area contributed by atoms with Crippen LogP contribution in [0.15, 0.2) is 40.9 Å². The Balaban J connectivity index is 2.02. The molecule has 2 aromatic carbocycles. The van der Waals surface area contributed by atoms with Crippen molar-refractivity contribution in [1.29, 1.82) is 0 Å². The zero-order valence-corrected chi connectivity index (χ0v) is 18.2. The van der Waals surface area contributed by atoms with Crippen LogP contribution in [0.5, 0.6) is 11.5 Å². The summed E-state index contributed by atoms with van der Waals surface area (Å²) < 4.78 is 11.9. The molecule has 3 rings (SSSR count). The number of benzene rings is 2. The van der Waals surface area contributed by atoms with Crippen molar-refractivity contribution in [3.63, 3.8) is 0 Å². The van der Waals surface area contributed by atoms with Crippen LogP contribution in [0.4, 0.5) is 4.79 Å². The normalized spacial score (nSPS) is 16.5. The van der Waals surface area contributed by atoms with Crippen LogP contribution in [0.3, 0.4) is 0 Å². The van der Waals surface area contributed by atoms with E-state index in [9.17, 15) is 9.90 Å². The average molecular weight is 448 g/mol. The number of hydrogen-bond donors (Lipinski definition) is 1. The molecule has 2 aromatic rings. The Hall–Kier alpha value is -2.21. The summed E-state index contributed by atoms with van der Waals surface area (Å²) in [4.78, 5) is 14.7. The van der Waals surface area contributed by atoms with Gasteiger partial charge in [0, 0.05) is 11.0 Å². The van der Waals surface area contributed by atoms with E-state index < -0.39 is 5.60 Å². The van der Waals surface area contributed by atoms with E-state index in [-0.39, 0.29) is 17.9 Å². The number of hydrogen-bond acceptors (Lipinski definition) is 4. The van der Waals surface area contributed by atoms with Crippen molar-refractivity contribution in [2.75, 3.05) is 13.7 Å². The number of aromatic hydroxyl groups is 1. The number of ether oxygens (including phenoxy) is 2. The van der Waals surface area contributed by atoms with Gasteiger partial charge in [0.15, 0.2) is 11.5 Å². The van der Waals surface area contributed by atoms with Gasteiger partial charge in [0.2, 0.25) is 0 Å². The van der Waals surface area contributed by atoms with Gasteiger partial charge in [-0.15, -0.1) is 0 Å². The maximum Gasteiger partial charge on any atom is 0.410 e. The molecule has 1 unspecified atom stereocenters. The van der Waals surface area contributed by atoms with Crippen molar-refractivity contribution in [2.45, 2.75) is 45.3 Å². The van der Waals surface area contributed by atoms with Crippen molar-refractivity contribution >= 4 is 22.0 Å². The van der Waals surface area contributed by atoms with Crippen LogP contribution in [-0.4, -0.2) is 35.4 Å². The van der Waals surface area contributed by atoms with Crippen LogP contribution in [0, 0.1) is 0 Å². The van der Waals surface area contributed by atoms with Crippen LogP contribution in [0.2, 0.25) is 0 Å². The molecule has 0 aliphatic carbocycles. The lowest BCUT2D eigenvalue weighted by molar-refractivity contribution is 0.0141. The average Bonchev–Trinajstić information content (AvgIpc) is 2.62. The summed E-state index contributed by atoms with van der Waals surface area (Å²) in [5, 5.41) is 10.3. The van der Waals surface area contributed by atoms with Gasteiger partial charge >= 0.3 is 6.09 Å². The predicted octanol–water partition coefficient (Wildman–Crippen LogP) is 5.24. The van der Waals surface area contributed by atoms with E-state index in [1.165, 1.54) is 7.11 Å². The summed E-state index contributed by atoms with van der Waals surface area (Å²) in [6.45, 7) is 6.14. The van der Waals surface area contributed by atoms with Gasteiger partial charge in [-0.3, -0.25) is 0 Å². The highest BCUT2D eigenvalue weighted by Crippen LogP contribution is 2.40. The first-order valence-electron chi connectivity index (χ1n) is 9.32. The van der Waals surface area contributed by atoms with E-state index in [0.717, 1.165) is 21.2 Å². The molecule has 28 heavy (non-hydrogen) atoms. The van der Waals surface area contributed by atoms with Gasteiger partial charge in [-0.05, 0) is 68.5 Å². The van der Waals surface area contributed by atoms with Crippen molar-refractivity contribution in [3.8, 4) is 11.5 Å². The van der Waals surface area contributed by atoms with Crippen LogP contribution in [0.25, 0.3) is 0 Å². The summed E-state index contributed by atoms with van der Waals surface area (Å²) in [6, 6.07) is 11.3. The van der Waals surface area contributed by atoms with E-state index in [1.807, 2.05) is 51.1 Å². The zero-order valence-electron chi connectivity index (χ0n) is 16.7. The van der Waals surface area contributed by atoms with E-state index in [2.05, 4.69) is 15.9 Å². The molecule has 1 amide bonds. The SMILES string of the molecule is COc1cc2c(cc1O)C(Cc1ccccc1Br)N(C(=O)OC(C)(C)C)CC2. The van der Waals surface area contributed by atoms with Crippen molar-refractivity contribution in [2.24, 2.45) is 0 Å². The van der Waals surface area contributed by atoms with Gasteiger partial charge in [0.25, 0.3) is 0 Å². The Bertz CT molecular complexity index is 875.